The number of carboxylic acid groups (broad SMARTS) is 2. The van der Waals surface area contributed by atoms with Crippen LogP contribution >= 0.6 is 44.8 Å². The van der Waals surface area contributed by atoms with Crippen molar-refractivity contribution in [3.8, 4) is 5.75 Å². The molecule has 1 aliphatic rings. The summed E-state index contributed by atoms with van der Waals surface area (Å²) in [6.45, 7) is 1.79. The first kappa shape index (κ1) is 85.7. The molecule has 0 spiro atoms. The summed E-state index contributed by atoms with van der Waals surface area (Å²) in [4.78, 5) is 203. The van der Waals surface area contributed by atoms with Gasteiger partial charge in [0.05, 0.1) is 16.6 Å². The standard InChI is InChI=1S/C66H90Cl2N18O17S2/c1-34(2)56-65(103)82-46(28-36-7-5-9-40(67)55(36)68)62(100)79-42(11-6-24-75-66(72)73)58(96)74-25-21-50(88)77-43(16-18-53(91)92)59(97)81-47(29-37-30-76-41-10-4-3-8-39(37)41)63(101)80-44(17-19-54(93)94)60(98)83-48(57(71)95)32-104-105-33-49(64(102)85-56)84-61(99)45(27-35-12-14-38(87)15-13-35)78-51(89)31-86(26-23-70)52(90)20-22-69/h3-5,7-10,12-15,30,34,42-49,56,76,87H,6,11,16-29,31-33,69-70H2,1-2H3,(H2,71,95)(H,74,96)(H,77,88)(H,78,89)(H,79,100)(H,80,101)(H,81,97)(H,82,103)(H,83,98)(H,84,99)(H,85,102)(H,91,92)(H,93,94)(H4,72,73,75)/t42-,43-,44-,45-,46-,47-,48+,49-,56-/m0/s1. The molecule has 1 saturated heterocycles. The van der Waals surface area contributed by atoms with Gasteiger partial charge in [-0.15, -0.1) is 0 Å². The smallest absolute Gasteiger partial charge is 0.303 e. The van der Waals surface area contributed by atoms with E-state index < -0.39 is 206 Å². The molecular formula is C66H90Cl2N18O17S2. The van der Waals surface area contributed by atoms with Crippen molar-refractivity contribution in [3.63, 3.8) is 0 Å². The Kier molecular flexibility index (Phi) is 35.4. The third-order valence-electron chi connectivity index (χ3n) is 16.2. The summed E-state index contributed by atoms with van der Waals surface area (Å²) in [5, 5.41) is 55.9. The molecule has 2 heterocycles. The first-order chi connectivity index (χ1) is 49.9. The van der Waals surface area contributed by atoms with Gasteiger partial charge < -0.3 is 107 Å². The minimum atomic E-state index is -1.77. The highest BCUT2D eigenvalue weighted by Crippen LogP contribution is 2.28. The lowest BCUT2D eigenvalue weighted by atomic mass is 10.00. The number of aliphatic carboxylic acids is 2. The van der Waals surface area contributed by atoms with Crippen molar-refractivity contribution in [1.82, 2.24) is 63.1 Å². The van der Waals surface area contributed by atoms with E-state index in [2.05, 4.69) is 63.1 Å². The number of hydrogen-bond donors (Lipinski definition) is 19. The van der Waals surface area contributed by atoms with Gasteiger partial charge in [-0.2, -0.15) is 0 Å². The third-order valence-corrected chi connectivity index (χ3v) is 19.5. The molecule has 9 atom stereocenters. The predicted molar refractivity (Wildman–Crippen MR) is 391 cm³/mol. The van der Waals surface area contributed by atoms with Gasteiger partial charge in [0.1, 0.15) is 60.1 Å². The number of aromatic hydroxyl groups is 1. The molecule has 5 rings (SSSR count). The van der Waals surface area contributed by atoms with Crippen LogP contribution < -0.4 is 81.8 Å². The summed E-state index contributed by atoms with van der Waals surface area (Å²) >= 11 is 13.1. The molecule has 0 unspecified atom stereocenters. The maximum Gasteiger partial charge on any atom is 0.303 e. The molecule has 39 heteroatoms. The summed E-state index contributed by atoms with van der Waals surface area (Å²) in [5.74, 6) is -16.6. The quantitative estimate of drug-likeness (QED) is 0.0127. The number of amides is 12. The summed E-state index contributed by atoms with van der Waals surface area (Å²) in [7, 11) is 1.63. The van der Waals surface area contributed by atoms with Crippen LogP contribution in [0.3, 0.4) is 0 Å². The van der Waals surface area contributed by atoms with Gasteiger partial charge in [-0.25, -0.2) is 0 Å². The molecule has 3 aromatic carbocycles. The van der Waals surface area contributed by atoms with Crippen molar-refractivity contribution in [2.75, 3.05) is 50.8 Å². The fraction of sp³-hybridized carbons (Fsp3) is 0.470. The van der Waals surface area contributed by atoms with Crippen LogP contribution in [0.1, 0.15) is 81.9 Å². The van der Waals surface area contributed by atoms with E-state index in [4.69, 9.17) is 51.9 Å². The van der Waals surface area contributed by atoms with E-state index >= 15 is 4.79 Å². The Balaban J connectivity index is 1.63. The third kappa shape index (κ3) is 28.9. The van der Waals surface area contributed by atoms with E-state index in [1.165, 1.54) is 62.5 Å². The fourth-order valence-electron chi connectivity index (χ4n) is 10.6. The van der Waals surface area contributed by atoms with Gasteiger partial charge in [0.15, 0.2) is 5.96 Å². The van der Waals surface area contributed by atoms with Crippen LogP contribution in [0.25, 0.3) is 10.9 Å². The Hall–Kier alpha value is -9.95. The Morgan fingerprint density at radius 1 is 0.657 bits per heavy atom. The van der Waals surface area contributed by atoms with Crippen LogP contribution in [0.4, 0.5) is 0 Å². The van der Waals surface area contributed by atoms with Crippen LogP contribution in [0.5, 0.6) is 5.75 Å². The molecule has 35 nitrogen and oxygen atoms in total. The van der Waals surface area contributed by atoms with Crippen molar-refractivity contribution in [3.05, 3.63) is 99.7 Å². The van der Waals surface area contributed by atoms with Crippen LogP contribution in [0.2, 0.25) is 10.0 Å². The number of halogens is 2. The molecule has 0 aliphatic carbocycles. The number of guanidine groups is 1. The number of aromatic nitrogens is 1. The number of phenolic OH excluding ortho intramolecular Hbond substituents is 1. The topological polar surface area (TPSA) is 581 Å². The summed E-state index contributed by atoms with van der Waals surface area (Å²) in [6.07, 6.45) is -2.90. The lowest BCUT2D eigenvalue weighted by Gasteiger charge is -2.29. The second-order valence-corrected chi connectivity index (χ2v) is 28.0. The first-order valence-corrected chi connectivity index (χ1v) is 36.6. The fourth-order valence-corrected chi connectivity index (χ4v) is 13.4. The summed E-state index contributed by atoms with van der Waals surface area (Å²) in [5.41, 5.74) is 30.0. The number of nitrogens with one attached hydrogen (secondary N) is 11. The van der Waals surface area contributed by atoms with Gasteiger partial charge >= 0.3 is 11.9 Å². The van der Waals surface area contributed by atoms with E-state index in [0.717, 1.165) is 26.5 Å². The number of benzene rings is 3. The lowest BCUT2D eigenvalue weighted by Crippen LogP contribution is -2.61. The molecule has 0 radical (unpaired) electrons. The number of nitrogens with zero attached hydrogens (tertiary/aromatic N) is 2. The number of carbonyl (C=O) groups is 14. The average Bonchev–Trinajstić information content (AvgIpc) is 1.79. The molecule has 0 saturated carbocycles. The number of rotatable bonds is 27. The first-order valence-electron chi connectivity index (χ1n) is 33.3. The number of fused-ring (bicyclic) bond motifs is 1. The Labute approximate surface area is 621 Å². The van der Waals surface area contributed by atoms with Gasteiger partial charge in [0.25, 0.3) is 0 Å². The number of aromatic amines is 1. The number of para-hydroxylation sites is 1. The number of aliphatic imine (C=N–C) groups is 1. The average molecular weight is 1540 g/mol. The molecule has 12 amide bonds. The van der Waals surface area contributed by atoms with E-state index in [9.17, 15) is 77.6 Å². The Bertz CT molecular complexity index is 3770. The van der Waals surface area contributed by atoms with E-state index in [-0.39, 0.29) is 85.6 Å². The zero-order valence-corrected chi connectivity index (χ0v) is 60.7. The SMILES string of the molecule is CC(C)[C@@H]1NC(=O)[C@@H](NC(=O)[C@H](Cc2ccc(O)cc2)NC(=O)CN(CCN)C(=O)CCN)CSSC[C@H](C(N)=O)NC(=O)[C@H](CCC(=O)O)NC(=O)[C@H](Cc2c[nH]c3ccccc23)NC(=O)[C@H](CCC(=O)O)NC(=O)CCNC(=O)[C@H](CCCN=C(N)N)NC(=O)[C@H](Cc2cccc(Cl)c2Cl)NC1=O. The van der Waals surface area contributed by atoms with Gasteiger partial charge in [-0.05, 0) is 72.6 Å². The molecule has 1 fully saturated rings. The van der Waals surface area contributed by atoms with Crippen molar-refractivity contribution in [2.45, 2.75) is 139 Å². The Morgan fingerprint density at radius 3 is 1.87 bits per heavy atom. The summed E-state index contributed by atoms with van der Waals surface area (Å²) in [6, 6.07) is 2.22. The lowest BCUT2D eigenvalue weighted by molar-refractivity contribution is -0.138. The Morgan fingerprint density at radius 2 is 1.25 bits per heavy atom. The number of H-pyrrole nitrogens is 1. The molecule has 572 valence electrons. The van der Waals surface area contributed by atoms with E-state index in [1.54, 1.807) is 24.3 Å². The second kappa shape index (κ2) is 43.4. The van der Waals surface area contributed by atoms with Crippen molar-refractivity contribution in [1.29, 1.82) is 0 Å². The number of primary amides is 1. The minimum Gasteiger partial charge on any atom is -0.508 e. The van der Waals surface area contributed by atoms with Gasteiger partial charge in [0.2, 0.25) is 70.9 Å². The maximum atomic E-state index is 15.0. The van der Waals surface area contributed by atoms with Crippen molar-refractivity contribution >= 4 is 144 Å². The molecular weight excluding hydrogens is 1450 g/mol. The highest BCUT2D eigenvalue weighted by Gasteiger charge is 2.37. The van der Waals surface area contributed by atoms with Gasteiger partial charge in [-0.1, -0.05) is 101 Å². The van der Waals surface area contributed by atoms with Gasteiger partial charge in [0, 0.05) is 106 Å². The molecule has 105 heavy (non-hydrogen) atoms. The molecule has 4 aromatic rings. The summed E-state index contributed by atoms with van der Waals surface area (Å²) < 4.78 is 0. The van der Waals surface area contributed by atoms with Crippen LogP contribution in [0.15, 0.2) is 77.9 Å². The zero-order chi connectivity index (χ0) is 77.4. The maximum absolute atomic E-state index is 15.0. The van der Waals surface area contributed by atoms with E-state index in [0.29, 0.717) is 22.0 Å². The van der Waals surface area contributed by atoms with Crippen molar-refractivity contribution in [2.24, 2.45) is 39.6 Å². The second-order valence-electron chi connectivity index (χ2n) is 24.7. The molecule has 1 aliphatic heterocycles. The van der Waals surface area contributed by atoms with Gasteiger partial charge in [-0.3, -0.25) is 72.1 Å². The van der Waals surface area contributed by atoms with Crippen LogP contribution in [-0.2, 0) is 86.4 Å². The van der Waals surface area contributed by atoms with E-state index in [1.807, 2.05) is 0 Å². The largest absolute Gasteiger partial charge is 0.508 e. The molecule has 1 aromatic heterocycles. The normalized spacial score (nSPS) is 20.6. The van der Waals surface area contributed by atoms with Crippen LogP contribution in [0, 0.1) is 5.92 Å². The minimum absolute atomic E-state index is 0.0160. The number of phenols is 1. The number of carbonyl (C=O) groups excluding carboxylic acids is 12. The van der Waals surface area contributed by atoms with Crippen molar-refractivity contribution < 1.29 is 82.4 Å². The monoisotopic (exact) mass is 1540 g/mol. The predicted octanol–water partition coefficient (Wildman–Crippen LogP) is -2.47. The number of carboxylic acids is 2. The molecule has 0 bridgehead atoms. The van der Waals surface area contributed by atoms with Crippen LogP contribution in [-0.4, -0.2) is 219 Å². The number of nitrogens with two attached hydrogens (primary N) is 5. The zero-order valence-electron chi connectivity index (χ0n) is 57.5. The highest BCUT2D eigenvalue weighted by molar-refractivity contribution is 8.76. The molecule has 24 N–H and O–H groups in total. The number of hydrogen-bond acceptors (Lipinski definition) is 20. The highest BCUT2D eigenvalue weighted by atomic mass is 35.5.